The third kappa shape index (κ3) is 2.79. The van der Waals surface area contributed by atoms with Crippen molar-refractivity contribution in [3.63, 3.8) is 0 Å². The van der Waals surface area contributed by atoms with E-state index in [1.165, 1.54) is 0 Å². The molecule has 0 spiro atoms. The van der Waals surface area contributed by atoms with Crippen molar-refractivity contribution in [1.29, 1.82) is 0 Å². The van der Waals surface area contributed by atoms with Crippen LogP contribution in [0.4, 0.5) is 5.69 Å². The first-order chi connectivity index (χ1) is 6.09. The molecule has 1 aromatic rings. The molecular weight excluding hydrogens is 188 g/mol. The maximum absolute atomic E-state index is 10.3. The molecule has 0 amide bonds. The van der Waals surface area contributed by atoms with Crippen LogP contribution in [0.25, 0.3) is 5.70 Å². The molecular formula is C8H10N2O2S. The number of anilines is 1. The lowest BCUT2D eigenvalue weighted by Gasteiger charge is -2.03. The molecule has 1 rings (SSSR count). The lowest BCUT2D eigenvalue weighted by molar-refractivity contribution is 0.611. The molecule has 1 aromatic carbocycles. The second-order valence-corrected chi connectivity index (χ2v) is 3.21. The third-order valence-electron chi connectivity index (χ3n) is 1.49. The van der Waals surface area contributed by atoms with Crippen molar-refractivity contribution in [3.8, 4) is 0 Å². The van der Waals surface area contributed by atoms with Gasteiger partial charge in [-0.2, -0.15) is 0 Å². The Bertz CT molecular complexity index is 374. The average Bonchev–Trinajstić information content (AvgIpc) is 2.04. The molecule has 0 aliphatic rings. The van der Waals surface area contributed by atoms with Gasteiger partial charge in [-0.3, -0.25) is 4.72 Å². The number of hydrogen-bond acceptors (Lipinski definition) is 3. The normalized spacial score (nSPS) is 9.92. The van der Waals surface area contributed by atoms with E-state index in [1.54, 1.807) is 24.3 Å². The molecule has 0 saturated carbocycles. The summed E-state index contributed by atoms with van der Waals surface area (Å²) >= 11 is 0. The van der Waals surface area contributed by atoms with Crippen LogP contribution < -0.4 is 10.5 Å². The van der Waals surface area contributed by atoms with Gasteiger partial charge in [0.15, 0.2) is 0 Å². The van der Waals surface area contributed by atoms with Crippen molar-refractivity contribution in [1.82, 2.24) is 4.72 Å². The van der Waals surface area contributed by atoms with E-state index >= 15 is 0 Å². The molecule has 70 valence electrons. The summed E-state index contributed by atoms with van der Waals surface area (Å²) in [6.07, 6.45) is 0. The molecule has 0 fully saturated rings. The van der Waals surface area contributed by atoms with E-state index in [-0.39, 0.29) is 0 Å². The van der Waals surface area contributed by atoms with Crippen LogP contribution in [-0.2, 0) is 10.9 Å². The average molecular weight is 198 g/mol. The Morgan fingerprint density at radius 2 is 1.85 bits per heavy atom. The number of nitrogens with two attached hydrogens (primary N) is 1. The second kappa shape index (κ2) is 3.95. The Kier molecular flexibility index (Phi) is 2.92. The maximum atomic E-state index is 10.3. The molecule has 0 aliphatic heterocycles. The van der Waals surface area contributed by atoms with E-state index in [4.69, 9.17) is 5.73 Å². The van der Waals surface area contributed by atoms with Crippen molar-refractivity contribution in [2.24, 2.45) is 0 Å². The van der Waals surface area contributed by atoms with Gasteiger partial charge in [0.05, 0.1) is 0 Å². The topological polar surface area (TPSA) is 72.2 Å². The molecule has 0 bridgehead atoms. The van der Waals surface area contributed by atoms with Crippen LogP contribution in [0.2, 0.25) is 0 Å². The van der Waals surface area contributed by atoms with Crippen molar-refractivity contribution in [2.45, 2.75) is 0 Å². The highest BCUT2D eigenvalue weighted by Gasteiger charge is 1.97. The third-order valence-corrected chi connectivity index (χ3v) is 1.94. The molecule has 3 N–H and O–H groups in total. The Balaban J connectivity index is 2.83. The summed E-state index contributed by atoms with van der Waals surface area (Å²) in [6, 6.07) is 6.76. The van der Waals surface area contributed by atoms with Crippen molar-refractivity contribution < 1.29 is 8.42 Å². The van der Waals surface area contributed by atoms with Crippen molar-refractivity contribution in [3.05, 3.63) is 36.4 Å². The maximum Gasteiger partial charge on any atom is 0.222 e. The number of hydrogen-bond donors (Lipinski definition) is 3. The molecule has 5 heteroatoms. The minimum absolute atomic E-state index is 0.344. The van der Waals surface area contributed by atoms with Gasteiger partial charge in [-0.15, -0.1) is 0 Å². The van der Waals surface area contributed by atoms with Gasteiger partial charge in [-0.25, -0.2) is 8.42 Å². The summed E-state index contributed by atoms with van der Waals surface area (Å²) in [4.78, 5) is 0. The fourth-order valence-electron chi connectivity index (χ4n) is 0.859. The molecule has 0 atom stereocenters. The summed E-state index contributed by atoms with van der Waals surface area (Å²) < 4.78 is 22.8. The van der Waals surface area contributed by atoms with Crippen molar-refractivity contribution >= 4 is 22.3 Å². The Morgan fingerprint density at radius 3 is 2.31 bits per heavy atom. The van der Waals surface area contributed by atoms with E-state index in [2.05, 4.69) is 11.3 Å². The van der Waals surface area contributed by atoms with Gasteiger partial charge in [0.25, 0.3) is 0 Å². The van der Waals surface area contributed by atoms with E-state index in [0.29, 0.717) is 16.9 Å². The highest BCUT2D eigenvalue weighted by atomic mass is 32.2. The van der Waals surface area contributed by atoms with Crippen LogP contribution in [0, 0.1) is 0 Å². The first-order valence-electron chi connectivity index (χ1n) is 3.55. The Labute approximate surface area is 78.2 Å². The number of thiol groups is 1. The van der Waals surface area contributed by atoms with Crippen LogP contribution in [0.5, 0.6) is 0 Å². The summed E-state index contributed by atoms with van der Waals surface area (Å²) in [5.41, 5.74) is 7.13. The van der Waals surface area contributed by atoms with E-state index < -0.39 is 10.9 Å². The number of nitrogen functional groups attached to an aromatic ring is 1. The van der Waals surface area contributed by atoms with Gasteiger partial charge in [-0.05, 0) is 17.7 Å². The lowest BCUT2D eigenvalue weighted by Crippen LogP contribution is -2.08. The molecule has 0 radical (unpaired) electrons. The SMILES string of the molecule is C=C(N[SH](=O)=O)c1ccc(N)cc1. The Morgan fingerprint density at radius 1 is 1.31 bits per heavy atom. The van der Waals surface area contributed by atoms with Gasteiger partial charge >= 0.3 is 0 Å². The summed E-state index contributed by atoms with van der Waals surface area (Å²) in [6.45, 7) is 3.56. The first-order valence-corrected chi connectivity index (χ1v) is 4.73. The van der Waals surface area contributed by atoms with Crippen LogP contribution in [0.15, 0.2) is 30.8 Å². The van der Waals surface area contributed by atoms with Gasteiger partial charge < -0.3 is 5.73 Å². The highest BCUT2D eigenvalue weighted by Crippen LogP contribution is 2.11. The molecule has 0 saturated heterocycles. The summed E-state index contributed by atoms with van der Waals surface area (Å²) in [7, 11) is -2.65. The molecule has 13 heavy (non-hydrogen) atoms. The van der Waals surface area contributed by atoms with Gasteiger partial charge in [0, 0.05) is 11.4 Å². The minimum atomic E-state index is -2.65. The van der Waals surface area contributed by atoms with Crippen LogP contribution in [-0.4, -0.2) is 8.42 Å². The van der Waals surface area contributed by atoms with Crippen LogP contribution in [0.1, 0.15) is 5.56 Å². The lowest BCUT2D eigenvalue weighted by atomic mass is 10.2. The largest absolute Gasteiger partial charge is 0.399 e. The smallest absolute Gasteiger partial charge is 0.222 e. The van der Waals surface area contributed by atoms with E-state index in [9.17, 15) is 8.42 Å². The quantitative estimate of drug-likeness (QED) is 0.485. The Hall–Kier alpha value is -1.49. The number of benzene rings is 1. The zero-order valence-corrected chi connectivity index (χ0v) is 7.75. The molecule has 0 heterocycles. The highest BCUT2D eigenvalue weighted by molar-refractivity contribution is 7.70. The zero-order chi connectivity index (χ0) is 9.84. The van der Waals surface area contributed by atoms with Gasteiger partial charge in [0.1, 0.15) is 0 Å². The van der Waals surface area contributed by atoms with E-state index in [0.717, 1.165) is 0 Å². The van der Waals surface area contributed by atoms with E-state index in [1.807, 2.05) is 0 Å². The molecule has 0 aromatic heterocycles. The monoisotopic (exact) mass is 198 g/mol. The van der Waals surface area contributed by atoms with Gasteiger partial charge in [-0.1, -0.05) is 18.7 Å². The summed E-state index contributed by atoms with van der Waals surface area (Å²) in [5.74, 6) is 0. The minimum Gasteiger partial charge on any atom is -0.399 e. The predicted molar refractivity (Wildman–Crippen MR) is 53.3 cm³/mol. The molecule has 0 unspecified atom stereocenters. The number of nitrogens with one attached hydrogen (secondary N) is 1. The fraction of sp³-hybridized carbons (Fsp3) is 0. The molecule has 4 nitrogen and oxygen atoms in total. The number of rotatable bonds is 3. The first kappa shape index (κ1) is 9.60. The predicted octanol–water partition coefficient (Wildman–Crippen LogP) is 0.356. The van der Waals surface area contributed by atoms with Crippen LogP contribution in [0.3, 0.4) is 0 Å². The van der Waals surface area contributed by atoms with Crippen LogP contribution >= 0.6 is 0 Å². The molecule has 0 aliphatic carbocycles. The summed E-state index contributed by atoms with van der Waals surface area (Å²) in [5, 5.41) is 0. The zero-order valence-electron chi connectivity index (χ0n) is 6.86. The second-order valence-electron chi connectivity index (χ2n) is 2.47. The van der Waals surface area contributed by atoms with Gasteiger partial charge in [0.2, 0.25) is 10.9 Å². The van der Waals surface area contributed by atoms with Crippen molar-refractivity contribution in [2.75, 3.05) is 5.73 Å². The standard InChI is InChI=1S/C8H10N2O2S/c1-6(10-13(11)12)7-2-4-8(9)5-3-7/h2-5,13H,1,9H2,(H,10,11,12). The fourth-order valence-corrected chi connectivity index (χ4v) is 1.21.